The molecule has 0 amide bonds. The zero-order chi connectivity index (χ0) is 9.10. The Kier molecular flexibility index (Phi) is 2.80. The standard InChI is InChI=1S/C9H16N2O2/c12-9-8-11(6-7-13-9)10-4-2-1-3-5-10/h1-8H2. The molecule has 0 aromatic carbocycles. The Balaban J connectivity index is 1.87. The molecule has 0 spiro atoms. The molecule has 4 heteroatoms. The summed E-state index contributed by atoms with van der Waals surface area (Å²) in [6.07, 6.45) is 3.84. The van der Waals surface area contributed by atoms with Gasteiger partial charge in [-0.2, -0.15) is 0 Å². The molecule has 74 valence electrons. The number of esters is 1. The van der Waals surface area contributed by atoms with Gasteiger partial charge in [0.25, 0.3) is 0 Å². The predicted octanol–water partition coefficient (Wildman–Crippen LogP) is 0.246. The van der Waals surface area contributed by atoms with E-state index in [2.05, 4.69) is 10.0 Å². The molecule has 0 unspecified atom stereocenters. The fourth-order valence-corrected chi connectivity index (χ4v) is 1.94. The van der Waals surface area contributed by atoms with Gasteiger partial charge in [-0.15, -0.1) is 0 Å². The van der Waals surface area contributed by atoms with E-state index < -0.39 is 0 Å². The minimum Gasteiger partial charge on any atom is -0.463 e. The van der Waals surface area contributed by atoms with Crippen molar-refractivity contribution in [3.63, 3.8) is 0 Å². The Morgan fingerprint density at radius 2 is 1.77 bits per heavy atom. The third-order valence-electron chi connectivity index (χ3n) is 2.66. The number of cyclic esters (lactones) is 1. The van der Waals surface area contributed by atoms with Crippen LogP contribution in [0.3, 0.4) is 0 Å². The van der Waals surface area contributed by atoms with E-state index in [0.29, 0.717) is 13.2 Å². The summed E-state index contributed by atoms with van der Waals surface area (Å²) in [6, 6.07) is 0. The van der Waals surface area contributed by atoms with Crippen LogP contribution in [0, 0.1) is 0 Å². The summed E-state index contributed by atoms with van der Waals surface area (Å²) >= 11 is 0. The highest BCUT2D eigenvalue weighted by molar-refractivity contribution is 5.72. The molecule has 0 bridgehead atoms. The quantitative estimate of drug-likeness (QED) is 0.547. The number of hydrogen-bond donors (Lipinski definition) is 0. The molecule has 13 heavy (non-hydrogen) atoms. The van der Waals surface area contributed by atoms with E-state index in [0.717, 1.165) is 19.6 Å². The maximum atomic E-state index is 11.0. The number of ether oxygens (including phenoxy) is 1. The number of nitrogens with zero attached hydrogens (tertiary/aromatic N) is 2. The maximum absolute atomic E-state index is 11.0. The zero-order valence-corrected chi connectivity index (χ0v) is 7.87. The Bertz CT molecular complexity index is 190. The van der Waals surface area contributed by atoms with Gasteiger partial charge in [0.2, 0.25) is 0 Å². The summed E-state index contributed by atoms with van der Waals surface area (Å²) in [5.74, 6) is -0.0863. The van der Waals surface area contributed by atoms with Crippen LogP contribution in [0.4, 0.5) is 0 Å². The van der Waals surface area contributed by atoms with Crippen LogP contribution in [-0.4, -0.2) is 48.8 Å². The predicted molar refractivity (Wildman–Crippen MR) is 48.0 cm³/mol. The van der Waals surface area contributed by atoms with Crippen molar-refractivity contribution in [1.82, 2.24) is 10.0 Å². The van der Waals surface area contributed by atoms with Gasteiger partial charge in [0.05, 0.1) is 0 Å². The van der Waals surface area contributed by atoms with Gasteiger partial charge in [0.15, 0.2) is 0 Å². The molecule has 0 radical (unpaired) electrons. The average molecular weight is 184 g/mol. The molecule has 0 aromatic heterocycles. The van der Waals surface area contributed by atoms with Gasteiger partial charge in [-0.1, -0.05) is 6.42 Å². The number of carbonyl (C=O) groups excluding carboxylic acids is 1. The van der Waals surface area contributed by atoms with E-state index in [4.69, 9.17) is 4.74 Å². The lowest BCUT2D eigenvalue weighted by atomic mass is 10.2. The summed E-state index contributed by atoms with van der Waals surface area (Å²) in [7, 11) is 0. The molecule has 0 N–H and O–H groups in total. The monoisotopic (exact) mass is 184 g/mol. The van der Waals surface area contributed by atoms with Crippen molar-refractivity contribution in [3.05, 3.63) is 0 Å². The molecule has 0 saturated carbocycles. The number of carbonyl (C=O) groups is 1. The van der Waals surface area contributed by atoms with Crippen molar-refractivity contribution >= 4 is 5.97 Å². The summed E-state index contributed by atoms with van der Waals surface area (Å²) in [4.78, 5) is 11.0. The van der Waals surface area contributed by atoms with Crippen LogP contribution in [-0.2, 0) is 9.53 Å². The lowest BCUT2D eigenvalue weighted by Crippen LogP contribution is -2.52. The van der Waals surface area contributed by atoms with Crippen molar-refractivity contribution < 1.29 is 9.53 Å². The first kappa shape index (κ1) is 8.97. The second kappa shape index (κ2) is 4.07. The van der Waals surface area contributed by atoms with Crippen LogP contribution >= 0.6 is 0 Å². The fourth-order valence-electron chi connectivity index (χ4n) is 1.94. The van der Waals surface area contributed by atoms with Crippen LogP contribution in [0.2, 0.25) is 0 Å². The summed E-state index contributed by atoms with van der Waals surface area (Å²) < 4.78 is 4.89. The van der Waals surface area contributed by atoms with Crippen molar-refractivity contribution in [2.45, 2.75) is 19.3 Å². The SMILES string of the molecule is O=C1CN(N2CCCCC2)CCO1. The Labute approximate surface area is 78.4 Å². The normalized spacial score (nSPS) is 27.2. The molecule has 2 aliphatic rings. The molecular weight excluding hydrogens is 168 g/mol. The second-order valence-corrected chi connectivity index (χ2v) is 3.62. The Morgan fingerprint density at radius 1 is 1.00 bits per heavy atom. The van der Waals surface area contributed by atoms with Gasteiger partial charge in [-0.25, -0.2) is 10.0 Å². The number of piperidine rings is 1. The van der Waals surface area contributed by atoms with Gasteiger partial charge >= 0.3 is 5.97 Å². The van der Waals surface area contributed by atoms with Gasteiger partial charge in [-0.05, 0) is 12.8 Å². The molecule has 4 nitrogen and oxygen atoms in total. The van der Waals surface area contributed by atoms with Crippen molar-refractivity contribution in [2.75, 3.05) is 32.8 Å². The lowest BCUT2D eigenvalue weighted by Gasteiger charge is -2.38. The maximum Gasteiger partial charge on any atom is 0.321 e. The molecule has 2 rings (SSSR count). The van der Waals surface area contributed by atoms with Crippen LogP contribution in [0.15, 0.2) is 0 Å². The molecule has 2 heterocycles. The summed E-state index contributed by atoms with van der Waals surface area (Å²) in [5.41, 5.74) is 0. The lowest BCUT2D eigenvalue weighted by molar-refractivity contribution is -0.164. The second-order valence-electron chi connectivity index (χ2n) is 3.62. The first-order valence-corrected chi connectivity index (χ1v) is 5.02. The van der Waals surface area contributed by atoms with Crippen LogP contribution in [0.25, 0.3) is 0 Å². The fraction of sp³-hybridized carbons (Fsp3) is 0.889. The van der Waals surface area contributed by atoms with Crippen molar-refractivity contribution in [1.29, 1.82) is 0 Å². The number of hydrazine groups is 1. The average Bonchev–Trinajstić information content (AvgIpc) is 2.19. The number of rotatable bonds is 1. The molecule has 2 saturated heterocycles. The molecule has 2 fully saturated rings. The van der Waals surface area contributed by atoms with E-state index in [1.165, 1.54) is 19.3 Å². The molecule has 0 aliphatic carbocycles. The minimum atomic E-state index is -0.0863. The topological polar surface area (TPSA) is 32.8 Å². The third kappa shape index (κ3) is 2.19. The van der Waals surface area contributed by atoms with Crippen molar-refractivity contribution in [3.8, 4) is 0 Å². The smallest absolute Gasteiger partial charge is 0.321 e. The number of hydrogen-bond acceptors (Lipinski definition) is 4. The minimum absolute atomic E-state index is 0.0863. The van der Waals surface area contributed by atoms with Crippen LogP contribution < -0.4 is 0 Å². The van der Waals surface area contributed by atoms with E-state index in [1.54, 1.807) is 0 Å². The Hall–Kier alpha value is -0.610. The largest absolute Gasteiger partial charge is 0.463 e. The highest BCUT2D eigenvalue weighted by Crippen LogP contribution is 2.12. The number of morpholine rings is 1. The summed E-state index contributed by atoms with van der Waals surface area (Å²) in [6.45, 7) is 4.07. The zero-order valence-electron chi connectivity index (χ0n) is 7.87. The first-order chi connectivity index (χ1) is 6.36. The van der Waals surface area contributed by atoms with Gasteiger partial charge in [-0.3, -0.25) is 4.79 Å². The summed E-state index contributed by atoms with van der Waals surface area (Å²) in [5, 5.41) is 4.43. The third-order valence-corrected chi connectivity index (χ3v) is 2.66. The van der Waals surface area contributed by atoms with Gasteiger partial charge < -0.3 is 4.74 Å². The first-order valence-electron chi connectivity index (χ1n) is 5.02. The molecular formula is C9H16N2O2. The van der Waals surface area contributed by atoms with Gasteiger partial charge in [0.1, 0.15) is 13.2 Å². The van der Waals surface area contributed by atoms with E-state index >= 15 is 0 Å². The van der Waals surface area contributed by atoms with Crippen LogP contribution in [0.1, 0.15) is 19.3 Å². The highest BCUT2D eigenvalue weighted by Gasteiger charge is 2.24. The van der Waals surface area contributed by atoms with Gasteiger partial charge in [0, 0.05) is 19.6 Å². The molecule has 0 aromatic rings. The molecule has 0 atom stereocenters. The van der Waals surface area contributed by atoms with Crippen molar-refractivity contribution in [2.24, 2.45) is 0 Å². The van der Waals surface area contributed by atoms with E-state index in [9.17, 15) is 4.79 Å². The van der Waals surface area contributed by atoms with E-state index in [1.807, 2.05) is 0 Å². The van der Waals surface area contributed by atoms with Crippen LogP contribution in [0.5, 0.6) is 0 Å². The Morgan fingerprint density at radius 3 is 2.46 bits per heavy atom. The van der Waals surface area contributed by atoms with E-state index in [-0.39, 0.29) is 5.97 Å². The molecule has 2 aliphatic heterocycles. The highest BCUT2D eigenvalue weighted by atomic mass is 16.5.